The molecule has 27 heavy (non-hydrogen) atoms. The summed E-state index contributed by atoms with van der Waals surface area (Å²) in [4.78, 5) is 19.0. The van der Waals surface area contributed by atoms with Crippen molar-refractivity contribution in [3.8, 4) is 0 Å². The Kier molecular flexibility index (Phi) is 4.24. The van der Waals surface area contributed by atoms with E-state index >= 15 is 0 Å². The number of anilines is 1. The van der Waals surface area contributed by atoms with E-state index in [0.29, 0.717) is 6.54 Å². The minimum absolute atomic E-state index is 0.0706. The lowest BCUT2D eigenvalue weighted by Crippen LogP contribution is -2.40. The highest BCUT2D eigenvalue weighted by atomic mass is 32.1. The van der Waals surface area contributed by atoms with Gasteiger partial charge in [-0.05, 0) is 72.7 Å². The molecule has 5 heteroatoms. The van der Waals surface area contributed by atoms with E-state index in [-0.39, 0.29) is 11.9 Å². The third-order valence-electron chi connectivity index (χ3n) is 5.62. The van der Waals surface area contributed by atoms with E-state index < -0.39 is 0 Å². The molecule has 2 aliphatic heterocycles. The van der Waals surface area contributed by atoms with Crippen LogP contribution in [0.3, 0.4) is 0 Å². The van der Waals surface area contributed by atoms with Crippen molar-refractivity contribution in [1.29, 1.82) is 0 Å². The van der Waals surface area contributed by atoms with Gasteiger partial charge < -0.3 is 14.2 Å². The van der Waals surface area contributed by atoms with Crippen LogP contribution in [0.4, 0.5) is 5.69 Å². The van der Waals surface area contributed by atoms with Gasteiger partial charge in [-0.25, -0.2) is 0 Å². The summed E-state index contributed by atoms with van der Waals surface area (Å²) in [6, 6.07) is 14.0. The van der Waals surface area contributed by atoms with Crippen molar-refractivity contribution in [2.75, 3.05) is 24.5 Å². The first kappa shape index (κ1) is 16.6. The van der Waals surface area contributed by atoms with Crippen LogP contribution in [-0.2, 0) is 6.42 Å². The van der Waals surface area contributed by atoms with E-state index in [2.05, 4.69) is 28.5 Å². The Morgan fingerprint density at radius 3 is 2.59 bits per heavy atom. The Hall–Kier alpha value is -2.53. The van der Waals surface area contributed by atoms with E-state index in [1.54, 1.807) is 17.6 Å². The smallest absolute Gasteiger partial charge is 0.254 e. The van der Waals surface area contributed by atoms with Gasteiger partial charge in [0.15, 0.2) is 0 Å². The van der Waals surface area contributed by atoms with Gasteiger partial charge in [0.05, 0.1) is 6.26 Å². The monoisotopic (exact) mass is 378 g/mol. The van der Waals surface area contributed by atoms with Crippen molar-refractivity contribution in [1.82, 2.24) is 4.90 Å². The zero-order valence-electron chi connectivity index (χ0n) is 15.1. The molecule has 5 rings (SSSR count). The molecule has 0 saturated carbocycles. The van der Waals surface area contributed by atoms with Gasteiger partial charge in [-0.2, -0.15) is 0 Å². The normalized spacial score (nSPS) is 19.3. The van der Waals surface area contributed by atoms with E-state index in [4.69, 9.17) is 4.42 Å². The summed E-state index contributed by atoms with van der Waals surface area (Å²) in [5, 5.41) is 2.11. The minimum Gasteiger partial charge on any atom is -0.467 e. The maximum Gasteiger partial charge on any atom is 0.254 e. The number of hydrogen-bond donors (Lipinski definition) is 0. The van der Waals surface area contributed by atoms with Gasteiger partial charge in [0.25, 0.3) is 5.91 Å². The number of thiophene rings is 1. The number of fused-ring (bicyclic) bond motifs is 1. The van der Waals surface area contributed by atoms with Crippen molar-refractivity contribution in [3.63, 3.8) is 0 Å². The molecule has 138 valence electrons. The zero-order valence-corrected chi connectivity index (χ0v) is 16.0. The first-order valence-corrected chi connectivity index (χ1v) is 10.4. The lowest BCUT2D eigenvalue weighted by Gasteiger charge is -2.35. The fourth-order valence-corrected chi connectivity index (χ4v) is 5.15. The van der Waals surface area contributed by atoms with Gasteiger partial charge in [0.2, 0.25) is 0 Å². The summed E-state index contributed by atoms with van der Waals surface area (Å²) < 4.78 is 5.71. The molecule has 2 aliphatic rings. The fourth-order valence-electron chi connectivity index (χ4n) is 4.24. The molecule has 1 aromatic carbocycles. The lowest BCUT2D eigenvalue weighted by atomic mass is 9.96. The number of carbonyl (C=O) groups is 1. The maximum absolute atomic E-state index is 13.3. The molecule has 0 bridgehead atoms. The molecule has 1 fully saturated rings. The van der Waals surface area contributed by atoms with Crippen molar-refractivity contribution in [2.24, 2.45) is 0 Å². The highest BCUT2D eigenvalue weighted by molar-refractivity contribution is 7.10. The quantitative estimate of drug-likeness (QED) is 0.661. The summed E-state index contributed by atoms with van der Waals surface area (Å²) in [5.41, 5.74) is 3.15. The SMILES string of the molecule is O=C(c1ccc(N2CCCC2)cc1)N1CCc2sccc2C1c1ccco1. The number of benzene rings is 1. The van der Waals surface area contributed by atoms with Crippen molar-refractivity contribution in [2.45, 2.75) is 25.3 Å². The van der Waals surface area contributed by atoms with Crippen LogP contribution in [0.2, 0.25) is 0 Å². The van der Waals surface area contributed by atoms with Crippen LogP contribution < -0.4 is 4.90 Å². The average Bonchev–Trinajstić information content (AvgIpc) is 3.49. The standard InChI is InChI=1S/C22H22N2O2S/c25-22(16-5-7-17(8-6-16)23-11-1-2-12-23)24-13-9-20-18(10-15-27-20)21(24)19-4-3-14-26-19/h3-8,10,14-15,21H,1-2,9,11-13H2. The third kappa shape index (κ3) is 2.96. The van der Waals surface area contributed by atoms with Gasteiger partial charge in [-0.3, -0.25) is 4.79 Å². The Morgan fingerprint density at radius 2 is 1.85 bits per heavy atom. The summed E-state index contributed by atoms with van der Waals surface area (Å²) >= 11 is 1.77. The van der Waals surface area contributed by atoms with Gasteiger partial charge >= 0.3 is 0 Å². The molecule has 0 spiro atoms. The second kappa shape index (κ2) is 6.89. The first-order valence-electron chi connectivity index (χ1n) is 9.57. The Morgan fingerprint density at radius 1 is 1.04 bits per heavy atom. The van der Waals surface area contributed by atoms with Crippen LogP contribution in [0, 0.1) is 0 Å². The largest absolute Gasteiger partial charge is 0.467 e. The molecule has 3 aromatic rings. The van der Waals surface area contributed by atoms with Gasteiger partial charge in [-0.1, -0.05) is 0 Å². The number of furan rings is 1. The van der Waals surface area contributed by atoms with Crippen LogP contribution in [0.25, 0.3) is 0 Å². The molecule has 1 unspecified atom stereocenters. The average molecular weight is 378 g/mol. The Bertz CT molecular complexity index is 924. The predicted molar refractivity (Wildman–Crippen MR) is 107 cm³/mol. The molecule has 1 saturated heterocycles. The molecular formula is C22H22N2O2S. The van der Waals surface area contributed by atoms with Crippen LogP contribution >= 0.6 is 11.3 Å². The molecule has 2 aromatic heterocycles. The van der Waals surface area contributed by atoms with Crippen molar-refractivity contribution >= 4 is 22.9 Å². The topological polar surface area (TPSA) is 36.7 Å². The minimum atomic E-state index is -0.138. The third-order valence-corrected chi connectivity index (χ3v) is 6.62. The number of rotatable bonds is 3. The molecule has 1 amide bonds. The van der Waals surface area contributed by atoms with E-state index in [0.717, 1.165) is 30.8 Å². The van der Waals surface area contributed by atoms with Crippen molar-refractivity contribution in [3.05, 3.63) is 75.9 Å². The van der Waals surface area contributed by atoms with E-state index in [9.17, 15) is 4.79 Å². The number of nitrogens with zero attached hydrogens (tertiary/aromatic N) is 2. The fraction of sp³-hybridized carbons (Fsp3) is 0.318. The predicted octanol–water partition coefficient (Wildman–Crippen LogP) is 4.73. The first-order chi connectivity index (χ1) is 13.3. The van der Waals surface area contributed by atoms with E-state index in [1.807, 2.05) is 29.2 Å². The van der Waals surface area contributed by atoms with Crippen molar-refractivity contribution < 1.29 is 9.21 Å². The highest BCUT2D eigenvalue weighted by Gasteiger charge is 2.34. The maximum atomic E-state index is 13.3. The second-order valence-corrected chi connectivity index (χ2v) is 8.21. The van der Waals surface area contributed by atoms with Crippen LogP contribution in [0.5, 0.6) is 0 Å². The van der Waals surface area contributed by atoms with Crippen LogP contribution in [0.15, 0.2) is 58.5 Å². The zero-order chi connectivity index (χ0) is 18.2. The van der Waals surface area contributed by atoms with Crippen LogP contribution in [-0.4, -0.2) is 30.4 Å². The Labute approximate surface area is 163 Å². The summed E-state index contributed by atoms with van der Waals surface area (Å²) in [6.45, 7) is 2.94. The molecule has 4 heterocycles. The number of amides is 1. The molecule has 4 nitrogen and oxygen atoms in total. The molecular weight excluding hydrogens is 356 g/mol. The van der Waals surface area contributed by atoms with Gasteiger partial charge in [0, 0.05) is 35.8 Å². The van der Waals surface area contributed by atoms with E-state index in [1.165, 1.54) is 29.0 Å². The van der Waals surface area contributed by atoms with Gasteiger partial charge in [0.1, 0.15) is 11.8 Å². The summed E-state index contributed by atoms with van der Waals surface area (Å²) in [6.07, 6.45) is 5.09. The van der Waals surface area contributed by atoms with Crippen LogP contribution in [0.1, 0.15) is 45.4 Å². The highest BCUT2D eigenvalue weighted by Crippen LogP contribution is 2.38. The summed E-state index contributed by atoms with van der Waals surface area (Å²) in [7, 11) is 0. The Balaban J connectivity index is 1.45. The number of carbonyl (C=O) groups excluding carboxylic acids is 1. The molecule has 0 radical (unpaired) electrons. The molecule has 0 N–H and O–H groups in total. The number of hydrogen-bond acceptors (Lipinski definition) is 4. The second-order valence-electron chi connectivity index (χ2n) is 7.21. The van der Waals surface area contributed by atoms with Gasteiger partial charge in [-0.15, -0.1) is 11.3 Å². The summed E-state index contributed by atoms with van der Waals surface area (Å²) in [5.74, 6) is 0.901. The molecule has 1 atom stereocenters. The molecule has 0 aliphatic carbocycles. The lowest BCUT2D eigenvalue weighted by molar-refractivity contribution is 0.0677.